The SMILES string of the molecule is Cc1ccsc1-c1nc(CC(N)c2ccccc2)cs1. The molecule has 0 spiro atoms. The Bertz CT molecular complexity index is 685. The molecule has 0 bridgehead atoms. The summed E-state index contributed by atoms with van der Waals surface area (Å²) in [5, 5.41) is 5.34. The molecule has 0 aliphatic carbocycles. The highest BCUT2D eigenvalue weighted by atomic mass is 32.1. The van der Waals surface area contributed by atoms with E-state index in [1.165, 1.54) is 10.4 Å². The molecular formula is C16H16N2S2. The summed E-state index contributed by atoms with van der Waals surface area (Å²) in [4.78, 5) is 6.00. The zero-order valence-electron chi connectivity index (χ0n) is 11.2. The van der Waals surface area contributed by atoms with Crippen LogP contribution in [0.3, 0.4) is 0 Å². The molecule has 1 unspecified atom stereocenters. The molecule has 3 rings (SSSR count). The maximum Gasteiger partial charge on any atom is 0.133 e. The molecule has 102 valence electrons. The van der Waals surface area contributed by atoms with Crippen LogP contribution < -0.4 is 5.73 Å². The Hall–Kier alpha value is -1.49. The highest BCUT2D eigenvalue weighted by Gasteiger charge is 2.12. The zero-order chi connectivity index (χ0) is 13.9. The number of aryl methyl sites for hydroxylation is 1. The summed E-state index contributed by atoms with van der Waals surface area (Å²) in [6.45, 7) is 2.13. The molecule has 1 aromatic carbocycles. The Morgan fingerprint density at radius 1 is 1.15 bits per heavy atom. The Labute approximate surface area is 126 Å². The Morgan fingerprint density at radius 2 is 1.95 bits per heavy atom. The van der Waals surface area contributed by atoms with Crippen LogP contribution >= 0.6 is 22.7 Å². The molecule has 20 heavy (non-hydrogen) atoms. The van der Waals surface area contributed by atoms with Gasteiger partial charge in [-0.25, -0.2) is 4.98 Å². The lowest BCUT2D eigenvalue weighted by atomic mass is 10.0. The van der Waals surface area contributed by atoms with Crippen LogP contribution in [0, 0.1) is 6.92 Å². The molecule has 2 N–H and O–H groups in total. The lowest BCUT2D eigenvalue weighted by Gasteiger charge is -2.09. The summed E-state index contributed by atoms with van der Waals surface area (Å²) in [7, 11) is 0. The number of benzene rings is 1. The molecule has 4 heteroatoms. The van der Waals surface area contributed by atoms with E-state index in [0.717, 1.165) is 22.7 Å². The van der Waals surface area contributed by atoms with Gasteiger partial charge in [0.05, 0.1) is 10.6 Å². The zero-order valence-corrected chi connectivity index (χ0v) is 12.9. The standard InChI is InChI=1S/C16H16N2S2/c1-11-7-8-19-15(11)16-18-13(10-20-16)9-14(17)12-5-3-2-4-6-12/h2-8,10,14H,9,17H2,1H3. The van der Waals surface area contributed by atoms with Crippen molar-refractivity contribution in [1.29, 1.82) is 0 Å². The third-order valence-corrected chi connectivity index (χ3v) is 5.33. The van der Waals surface area contributed by atoms with E-state index in [9.17, 15) is 0 Å². The number of hydrogen-bond donors (Lipinski definition) is 1. The fourth-order valence-electron chi connectivity index (χ4n) is 2.14. The Morgan fingerprint density at radius 3 is 2.65 bits per heavy atom. The second-order valence-corrected chi connectivity index (χ2v) is 6.57. The number of nitrogens with zero attached hydrogens (tertiary/aromatic N) is 1. The normalized spacial score (nSPS) is 12.5. The predicted octanol–water partition coefficient (Wildman–Crippen LogP) is 4.42. The van der Waals surface area contributed by atoms with Gasteiger partial charge in [0.25, 0.3) is 0 Å². The van der Waals surface area contributed by atoms with Crippen LogP contribution in [-0.2, 0) is 6.42 Å². The molecule has 2 aromatic heterocycles. The number of nitrogens with two attached hydrogens (primary N) is 1. The van der Waals surface area contributed by atoms with E-state index in [0.29, 0.717) is 0 Å². The minimum atomic E-state index is 0.00980. The van der Waals surface area contributed by atoms with Gasteiger partial charge < -0.3 is 5.73 Å². The molecule has 0 radical (unpaired) electrons. The largest absolute Gasteiger partial charge is 0.324 e. The molecule has 0 aliphatic rings. The van der Waals surface area contributed by atoms with E-state index in [4.69, 9.17) is 10.7 Å². The van der Waals surface area contributed by atoms with Crippen LogP contribution in [0.15, 0.2) is 47.2 Å². The molecule has 0 amide bonds. The number of rotatable bonds is 4. The van der Waals surface area contributed by atoms with E-state index in [1.807, 2.05) is 18.2 Å². The highest BCUT2D eigenvalue weighted by molar-refractivity contribution is 7.20. The van der Waals surface area contributed by atoms with Gasteiger partial charge in [0.2, 0.25) is 0 Å². The van der Waals surface area contributed by atoms with Crippen molar-refractivity contribution in [3.63, 3.8) is 0 Å². The summed E-state index contributed by atoms with van der Waals surface area (Å²) in [5.74, 6) is 0. The van der Waals surface area contributed by atoms with Gasteiger partial charge in [-0.2, -0.15) is 0 Å². The summed E-state index contributed by atoms with van der Waals surface area (Å²) >= 11 is 3.45. The maximum atomic E-state index is 6.25. The summed E-state index contributed by atoms with van der Waals surface area (Å²) in [5.41, 5.74) is 9.79. The van der Waals surface area contributed by atoms with Crippen LogP contribution in [0.1, 0.15) is 22.9 Å². The summed E-state index contributed by atoms with van der Waals surface area (Å²) in [6.07, 6.45) is 0.783. The third kappa shape index (κ3) is 2.82. The van der Waals surface area contributed by atoms with Crippen molar-refractivity contribution in [1.82, 2.24) is 4.98 Å². The molecule has 0 fully saturated rings. The second-order valence-electron chi connectivity index (χ2n) is 4.80. The number of thiophene rings is 1. The summed E-state index contributed by atoms with van der Waals surface area (Å²) in [6, 6.07) is 12.3. The van der Waals surface area contributed by atoms with Crippen molar-refractivity contribution < 1.29 is 0 Å². The van der Waals surface area contributed by atoms with Crippen LogP contribution in [0.4, 0.5) is 0 Å². The monoisotopic (exact) mass is 300 g/mol. The van der Waals surface area contributed by atoms with Crippen LogP contribution in [0.5, 0.6) is 0 Å². The first-order chi connectivity index (χ1) is 9.74. The fourth-order valence-corrected chi connectivity index (χ4v) is 4.07. The van der Waals surface area contributed by atoms with Crippen molar-refractivity contribution in [3.8, 4) is 9.88 Å². The molecular weight excluding hydrogens is 284 g/mol. The third-order valence-electron chi connectivity index (χ3n) is 3.26. The molecule has 1 atom stereocenters. The van der Waals surface area contributed by atoms with Crippen molar-refractivity contribution >= 4 is 22.7 Å². The van der Waals surface area contributed by atoms with Gasteiger partial charge in [-0.05, 0) is 29.5 Å². The molecule has 0 saturated heterocycles. The number of hydrogen-bond acceptors (Lipinski definition) is 4. The Kier molecular flexibility index (Phi) is 3.96. The molecule has 2 heterocycles. The Balaban J connectivity index is 1.77. The van der Waals surface area contributed by atoms with Crippen LogP contribution in [-0.4, -0.2) is 4.98 Å². The van der Waals surface area contributed by atoms with Gasteiger partial charge in [-0.3, -0.25) is 0 Å². The first kappa shape index (κ1) is 13.5. The van der Waals surface area contributed by atoms with Gasteiger partial charge in [0.15, 0.2) is 0 Å². The lowest BCUT2D eigenvalue weighted by molar-refractivity contribution is 0.710. The van der Waals surface area contributed by atoms with E-state index in [1.54, 1.807) is 22.7 Å². The van der Waals surface area contributed by atoms with E-state index < -0.39 is 0 Å². The predicted molar refractivity (Wildman–Crippen MR) is 87.2 cm³/mol. The highest BCUT2D eigenvalue weighted by Crippen LogP contribution is 2.32. The first-order valence-electron chi connectivity index (χ1n) is 6.53. The number of thiazole rings is 1. The quantitative estimate of drug-likeness (QED) is 0.774. The summed E-state index contributed by atoms with van der Waals surface area (Å²) < 4.78 is 0. The van der Waals surface area contributed by atoms with Crippen molar-refractivity contribution in [2.45, 2.75) is 19.4 Å². The van der Waals surface area contributed by atoms with E-state index in [2.05, 4.69) is 35.9 Å². The average Bonchev–Trinajstić information content (AvgIpc) is 3.08. The van der Waals surface area contributed by atoms with Gasteiger partial charge in [-0.1, -0.05) is 30.3 Å². The first-order valence-corrected chi connectivity index (χ1v) is 8.29. The van der Waals surface area contributed by atoms with Gasteiger partial charge in [0.1, 0.15) is 5.01 Å². The van der Waals surface area contributed by atoms with Crippen LogP contribution in [0.2, 0.25) is 0 Å². The smallest absolute Gasteiger partial charge is 0.133 e. The minimum Gasteiger partial charge on any atom is -0.324 e. The van der Waals surface area contributed by atoms with Crippen molar-refractivity contribution in [2.24, 2.45) is 5.73 Å². The molecule has 0 saturated carbocycles. The van der Waals surface area contributed by atoms with Crippen molar-refractivity contribution in [3.05, 3.63) is 64.0 Å². The molecule has 3 aromatic rings. The topological polar surface area (TPSA) is 38.9 Å². The van der Waals surface area contributed by atoms with E-state index >= 15 is 0 Å². The minimum absolute atomic E-state index is 0.00980. The second kappa shape index (κ2) is 5.87. The van der Waals surface area contributed by atoms with E-state index in [-0.39, 0.29) is 6.04 Å². The number of aromatic nitrogens is 1. The van der Waals surface area contributed by atoms with Gasteiger partial charge in [0, 0.05) is 17.8 Å². The molecule has 0 aliphatic heterocycles. The maximum absolute atomic E-state index is 6.25. The average molecular weight is 300 g/mol. The lowest BCUT2D eigenvalue weighted by Crippen LogP contribution is -2.13. The van der Waals surface area contributed by atoms with Gasteiger partial charge >= 0.3 is 0 Å². The van der Waals surface area contributed by atoms with Crippen LogP contribution in [0.25, 0.3) is 9.88 Å². The van der Waals surface area contributed by atoms with Gasteiger partial charge in [-0.15, -0.1) is 22.7 Å². The molecule has 2 nitrogen and oxygen atoms in total. The van der Waals surface area contributed by atoms with Crippen molar-refractivity contribution in [2.75, 3.05) is 0 Å². The fraction of sp³-hybridized carbons (Fsp3) is 0.188.